The maximum atomic E-state index is 14.5. The zero-order valence-corrected chi connectivity index (χ0v) is 26.0. The molecule has 0 unspecified atom stereocenters. The number of aliphatic hydroxyl groups is 1. The Morgan fingerprint density at radius 1 is 1.19 bits per heavy atom. The number of hydrogen-bond acceptors (Lipinski definition) is 8. The molecule has 4 heterocycles. The zero-order valence-electron chi connectivity index (χ0n) is 25.0. The summed E-state index contributed by atoms with van der Waals surface area (Å²) in [5.74, 6) is -1.12. The fourth-order valence-corrected chi connectivity index (χ4v) is 10.1. The third-order valence-corrected chi connectivity index (χ3v) is 12.2. The van der Waals surface area contributed by atoms with Gasteiger partial charge in [0.15, 0.2) is 13.9 Å². The first kappa shape index (κ1) is 30.6. The van der Waals surface area contributed by atoms with Gasteiger partial charge in [0.1, 0.15) is 0 Å². The van der Waals surface area contributed by atoms with Crippen molar-refractivity contribution in [2.45, 2.75) is 88.3 Å². The quantitative estimate of drug-likeness (QED) is 0.180. The largest absolute Gasteiger partial charge is 0.469 e. The van der Waals surface area contributed by atoms with Gasteiger partial charge in [0.2, 0.25) is 11.8 Å². The number of carbonyl (C=O) groups is 4. The van der Waals surface area contributed by atoms with Crippen LogP contribution >= 0.6 is 0 Å². The first-order valence-corrected chi connectivity index (χ1v) is 18.1. The molecule has 4 aliphatic heterocycles. The van der Waals surface area contributed by atoms with E-state index in [0.717, 1.165) is 12.8 Å². The Morgan fingerprint density at radius 2 is 1.95 bits per heavy atom. The Balaban J connectivity index is 1.50. The van der Waals surface area contributed by atoms with Gasteiger partial charge in [0.05, 0.1) is 38.0 Å². The number of nitrogens with zero attached hydrogens (tertiary/aromatic N) is 3. The SMILES string of the molecule is COC(=O)CCCCN1C(=O)[C@@]2(O[C@@H](CC(=O)N3CCC[C@H]3CO)[C@H]([Si](C)(C)O)[C@H]2C)c2cc(N3CCC3=O)ccc21. The lowest BCUT2D eigenvalue weighted by Gasteiger charge is -2.34. The van der Waals surface area contributed by atoms with Crippen LogP contribution in [-0.2, 0) is 34.3 Å². The topological polar surface area (TPSA) is 137 Å². The summed E-state index contributed by atoms with van der Waals surface area (Å²) in [6, 6.07) is 5.33. The fraction of sp³-hybridized carbons (Fsp3) is 0.667. The summed E-state index contributed by atoms with van der Waals surface area (Å²) in [5, 5.41) is 9.80. The first-order chi connectivity index (χ1) is 19.9. The number of hydrogen-bond donors (Lipinski definition) is 2. The van der Waals surface area contributed by atoms with Crippen LogP contribution in [-0.4, -0.2) is 92.3 Å². The summed E-state index contributed by atoms with van der Waals surface area (Å²) < 4.78 is 11.6. The zero-order chi connectivity index (χ0) is 30.4. The number of ether oxygens (including phenoxy) is 2. The highest BCUT2D eigenvalue weighted by atomic mass is 28.4. The van der Waals surface area contributed by atoms with E-state index >= 15 is 0 Å². The summed E-state index contributed by atoms with van der Waals surface area (Å²) in [4.78, 5) is 68.6. The summed E-state index contributed by atoms with van der Waals surface area (Å²) >= 11 is 0. The normalized spacial score (nSPS) is 29.0. The number of benzene rings is 1. The molecule has 42 heavy (non-hydrogen) atoms. The molecule has 0 saturated carbocycles. The van der Waals surface area contributed by atoms with Crippen molar-refractivity contribution >= 4 is 43.4 Å². The molecule has 230 valence electrons. The van der Waals surface area contributed by atoms with Crippen LogP contribution in [0.5, 0.6) is 0 Å². The molecular formula is C30H43N3O8Si. The van der Waals surface area contributed by atoms with Crippen LogP contribution in [0.15, 0.2) is 18.2 Å². The van der Waals surface area contributed by atoms with Crippen molar-refractivity contribution in [3.05, 3.63) is 23.8 Å². The van der Waals surface area contributed by atoms with Crippen LogP contribution in [0.2, 0.25) is 18.6 Å². The van der Waals surface area contributed by atoms with Gasteiger partial charge in [-0.1, -0.05) is 6.92 Å². The van der Waals surface area contributed by atoms with Gasteiger partial charge in [-0.15, -0.1) is 0 Å². The number of methoxy groups -OCH3 is 1. The van der Waals surface area contributed by atoms with Crippen LogP contribution in [0.3, 0.4) is 0 Å². The smallest absolute Gasteiger partial charge is 0.305 e. The van der Waals surface area contributed by atoms with Crippen molar-refractivity contribution in [2.24, 2.45) is 5.92 Å². The number of carbonyl (C=O) groups excluding carboxylic acids is 4. The molecule has 3 amide bonds. The molecule has 3 saturated heterocycles. The van der Waals surface area contributed by atoms with Crippen molar-refractivity contribution in [1.29, 1.82) is 0 Å². The summed E-state index contributed by atoms with van der Waals surface area (Å²) in [5.41, 5.74) is 0.190. The van der Waals surface area contributed by atoms with E-state index in [2.05, 4.69) is 0 Å². The van der Waals surface area contributed by atoms with E-state index in [-0.39, 0.29) is 49.2 Å². The minimum atomic E-state index is -2.97. The van der Waals surface area contributed by atoms with Gasteiger partial charge in [-0.05, 0) is 57.0 Å². The molecule has 0 bridgehead atoms. The van der Waals surface area contributed by atoms with Crippen molar-refractivity contribution in [1.82, 2.24) is 4.90 Å². The fourth-order valence-electron chi connectivity index (χ4n) is 7.53. The van der Waals surface area contributed by atoms with Gasteiger partial charge in [0.25, 0.3) is 5.91 Å². The Bertz CT molecular complexity index is 1250. The van der Waals surface area contributed by atoms with E-state index < -0.39 is 31.5 Å². The molecule has 1 aromatic carbocycles. The molecule has 12 heteroatoms. The molecule has 1 aromatic rings. The Hall–Kier alpha value is -2.80. The second-order valence-electron chi connectivity index (χ2n) is 12.6. The van der Waals surface area contributed by atoms with E-state index in [1.807, 2.05) is 38.2 Å². The van der Waals surface area contributed by atoms with Gasteiger partial charge in [0, 0.05) is 55.2 Å². The number of esters is 1. The average molecular weight is 602 g/mol. The lowest BCUT2D eigenvalue weighted by atomic mass is 9.82. The number of aliphatic hydroxyl groups excluding tert-OH is 1. The van der Waals surface area contributed by atoms with E-state index in [1.165, 1.54) is 7.11 Å². The van der Waals surface area contributed by atoms with Gasteiger partial charge in [-0.3, -0.25) is 19.2 Å². The second kappa shape index (κ2) is 11.7. The second-order valence-corrected chi connectivity index (χ2v) is 16.6. The molecule has 1 spiro atoms. The van der Waals surface area contributed by atoms with E-state index in [9.17, 15) is 29.1 Å². The molecular weight excluding hydrogens is 558 g/mol. The summed E-state index contributed by atoms with van der Waals surface area (Å²) in [7, 11) is -1.62. The lowest BCUT2D eigenvalue weighted by molar-refractivity contribution is -0.150. The molecule has 5 atom stereocenters. The predicted octanol–water partition coefficient (Wildman–Crippen LogP) is 2.28. The van der Waals surface area contributed by atoms with Crippen LogP contribution in [0.1, 0.15) is 57.4 Å². The Morgan fingerprint density at radius 3 is 2.57 bits per heavy atom. The molecule has 4 aliphatic rings. The lowest BCUT2D eigenvalue weighted by Crippen LogP contribution is -2.46. The van der Waals surface area contributed by atoms with Crippen molar-refractivity contribution in [3.63, 3.8) is 0 Å². The van der Waals surface area contributed by atoms with Crippen molar-refractivity contribution in [3.8, 4) is 0 Å². The standard InChI is InChI=1S/C30H43N3O8Si/c1-19-28(42(3,4)39)24(17-26(36)31-14-7-8-21(31)18-34)41-30(19)22-16-20(32-15-12-25(32)35)10-11-23(22)33(29(30)38)13-6-5-9-27(37)40-2/h10-11,16,19,21,24,28,34,39H,5-9,12-15,17-18H2,1-4H3/t19-,21+,24+,28-,30+/m1/s1. The van der Waals surface area contributed by atoms with Crippen molar-refractivity contribution < 1.29 is 38.6 Å². The number of β-lactam (4-membered cyclic amide) rings is 1. The number of anilines is 2. The number of fused-ring (bicyclic) bond motifs is 2. The average Bonchev–Trinajstić information content (AvgIpc) is 3.60. The summed E-state index contributed by atoms with van der Waals surface area (Å²) in [6.07, 6.45) is 2.73. The number of amides is 3. The van der Waals surface area contributed by atoms with Crippen LogP contribution in [0.4, 0.5) is 11.4 Å². The molecule has 0 aromatic heterocycles. The molecule has 0 aliphatic carbocycles. The highest BCUT2D eigenvalue weighted by Crippen LogP contribution is 2.60. The van der Waals surface area contributed by atoms with Crippen LogP contribution < -0.4 is 9.80 Å². The molecule has 5 rings (SSSR count). The molecule has 0 radical (unpaired) electrons. The number of rotatable bonds is 10. The highest BCUT2D eigenvalue weighted by molar-refractivity contribution is 6.71. The molecule has 3 fully saturated rings. The van der Waals surface area contributed by atoms with Gasteiger partial charge in [-0.25, -0.2) is 0 Å². The molecule has 2 N–H and O–H groups in total. The van der Waals surface area contributed by atoms with E-state index in [1.54, 1.807) is 14.7 Å². The predicted molar refractivity (Wildman–Crippen MR) is 157 cm³/mol. The van der Waals surface area contributed by atoms with E-state index in [4.69, 9.17) is 9.47 Å². The Labute approximate surface area is 247 Å². The first-order valence-electron chi connectivity index (χ1n) is 15.1. The van der Waals surface area contributed by atoms with Crippen molar-refractivity contribution in [2.75, 3.05) is 43.2 Å². The van der Waals surface area contributed by atoms with Gasteiger partial charge in [-0.2, -0.15) is 0 Å². The minimum Gasteiger partial charge on any atom is -0.469 e. The number of unbranched alkanes of at least 4 members (excludes halogenated alkanes) is 1. The van der Waals surface area contributed by atoms with Crippen LogP contribution in [0, 0.1) is 5.92 Å². The molecule has 11 nitrogen and oxygen atoms in total. The third-order valence-electron chi connectivity index (χ3n) is 9.65. The van der Waals surface area contributed by atoms with Gasteiger partial charge >= 0.3 is 5.97 Å². The maximum absolute atomic E-state index is 14.5. The third kappa shape index (κ3) is 5.16. The van der Waals surface area contributed by atoms with E-state index in [0.29, 0.717) is 55.8 Å². The summed E-state index contributed by atoms with van der Waals surface area (Å²) in [6.45, 7) is 7.00. The van der Waals surface area contributed by atoms with Crippen LogP contribution in [0.25, 0.3) is 0 Å². The Kier molecular flexibility index (Phi) is 8.54. The van der Waals surface area contributed by atoms with Gasteiger partial charge < -0.3 is 34.1 Å². The number of likely N-dealkylation sites (tertiary alicyclic amines) is 1. The minimum absolute atomic E-state index is 0.0102. The monoisotopic (exact) mass is 601 g/mol. The highest BCUT2D eigenvalue weighted by Gasteiger charge is 2.66. The maximum Gasteiger partial charge on any atom is 0.305 e.